The van der Waals surface area contributed by atoms with Crippen LogP contribution < -0.4 is 4.90 Å². The molecule has 0 N–H and O–H groups in total. The van der Waals surface area contributed by atoms with E-state index in [1.165, 1.54) is 4.90 Å². The molecule has 4 rings (SSSR count). The lowest BCUT2D eigenvalue weighted by atomic mass is 9.85. The highest BCUT2D eigenvalue weighted by atomic mass is 127. The molecule has 4 atom stereocenters. The molecule has 4 heteroatoms. The number of halogens is 1. The highest BCUT2D eigenvalue weighted by molar-refractivity contribution is 14.1. The molecule has 1 saturated heterocycles. The number of amides is 2. The topological polar surface area (TPSA) is 37.4 Å². The molecule has 2 fully saturated rings. The van der Waals surface area contributed by atoms with E-state index in [0.717, 1.165) is 21.2 Å². The van der Waals surface area contributed by atoms with Gasteiger partial charge in [-0.15, -0.1) is 0 Å². The Bertz CT molecular complexity index is 636. The molecule has 0 unspecified atom stereocenters. The summed E-state index contributed by atoms with van der Waals surface area (Å²) < 4.78 is 1.12. The summed E-state index contributed by atoms with van der Waals surface area (Å²) >= 11 is 2.24. The molecule has 0 spiro atoms. The number of nitrogens with zero attached hydrogens (tertiary/aromatic N) is 1. The van der Waals surface area contributed by atoms with E-state index in [1.807, 2.05) is 25.1 Å². The van der Waals surface area contributed by atoms with Crippen molar-refractivity contribution in [2.24, 2.45) is 23.7 Å². The van der Waals surface area contributed by atoms with Gasteiger partial charge in [0.2, 0.25) is 11.8 Å². The van der Waals surface area contributed by atoms with Crippen LogP contribution in [0.2, 0.25) is 0 Å². The van der Waals surface area contributed by atoms with E-state index in [1.54, 1.807) is 0 Å². The number of aryl methyl sites for hydroxylation is 1. The van der Waals surface area contributed by atoms with Crippen LogP contribution in [0.25, 0.3) is 0 Å². The van der Waals surface area contributed by atoms with Crippen molar-refractivity contribution in [3.8, 4) is 0 Å². The molecule has 1 aromatic rings. The Kier molecular flexibility index (Phi) is 2.61. The monoisotopic (exact) mass is 379 g/mol. The second-order valence-corrected chi connectivity index (χ2v) is 7.19. The predicted molar refractivity (Wildman–Crippen MR) is 84.1 cm³/mol. The maximum absolute atomic E-state index is 12.7. The van der Waals surface area contributed by atoms with Gasteiger partial charge in [-0.25, -0.2) is 4.90 Å². The van der Waals surface area contributed by atoms with Crippen LogP contribution in [0.3, 0.4) is 0 Å². The van der Waals surface area contributed by atoms with Crippen molar-refractivity contribution in [2.45, 2.75) is 13.3 Å². The lowest BCUT2D eigenvalue weighted by Gasteiger charge is -2.19. The Morgan fingerprint density at radius 1 is 1.10 bits per heavy atom. The van der Waals surface area contributed by atoms with E-state index in [0.29, 0.717) is 0 Å². The molecule has 2 bridgehead atoms. The van der Waals surface area contributed by atoms with Crippen LogP contribution in [0, 0.1) is 34.2 Å². The Morgan fingerprint density at radius 3 is 2.25 bits per heavy atom. The minimum atomic E-state index is -0.115. The zero-order chi connectivity index (χ0) is 14.0. The van der Waals surface area contributed by atoms with Gasteiger partial charge in [0.05, 0.1) is 17.5 Å². The summed E-state index contributed by atoms with van der Waals surface area (Å²) in [5.74, 6) is 0.320. The number of benzene rings is 1. The van der Waals surface area contributed by atoms with Gasteiger partial charge in [-0.1, -0.05) is 12.2 Å². The van der Waals surface area contributed by atoms with Gasteiger partial charge < -0.3 is 0 Å². The van der Waals surface area contributed by atoms with E-state index >= 15 is 0 Å². The summed E-state index contributed by atoms with van der Waals surface area (Å²) in [5, 5.41) is 0. The number of hydrogen-bond donors (Lipinski definition) is 0. The Labute approximate surface area is 131 Å². The van der Waals surface area contributed by atoms with Crippen LogP contribution >= 0.6 is 22.6 Å². The second-order valence-electron chi connectivity index (χ2n) is 5.94. The molecule has 3 nitrogen and oxygen atoms in total. The van der Waals surface area contributed by atoms with Gasteiger partial charge in [-0.2, -0.15) is 0 Å². The third kappa shape index (κ3) is 1.51. The van der Waals surface area contributed by atoms with Crippen LogP contribution in [-0.4, -0.2) is 11.8 Å². The van der Waals surface area contributed by atoms with Crippen LogP contribution in [0.1, 0.15) is 12.0 Å². The van der Waals surface area contributed by atoms with Crippen molar-refractivity contribution in [2.75, 3.05) is 4.90 Å². The molecular formula is C16H14INO2. The fourth-order valence-corrected chi connectivity index (χ4v) is 4.66. The minimum Gasteiger partial charge on any atom is -0.274 e. The molecular weight excluding hydrogens is 365 g/mol. The summed E-state index contributed by atoms with van der Waals surface area (Å²) in [5.41, 5.74) is 1.74. The molecule has 20 heavy (non-hydrogen) atoms. The van der Waals surface area contributed by atoms with Crippen LogP contribution in [0.15, 0.2) is 30.4 Å². The molecule has 0 radical (unpaired) electrons. The van der Waals surface area contributed by atoms with Crippen molar-refractivity contribution in [3.05, 3.63) is 39.5 Å². The molecule has 3 aliphatic rings. The molecule has 0 aromatic heterocycles. The highest BCUT2D eigenvalue weighted by Gasteiger charge is 2.59. The second kappa shape index (κ2) is 4.16. The Hall–Kier alpha value is -1.17. The fourth-order valence-electron chi connectivity index (χ4n) is 4.01. The predicted octanol–water partition coefficient (Wildman–Crippen LogP) is 2.91. The van der Waals surface area contributed by atoms with Crippen molar-refractivity contribution in [1.82, 2.24) is 0 Å². The summed E-state index contributed by atoms with van der Waals surface area (Å²) in [6.45, 7) is 1.96. The summed E-state index contributed by atoms with van der Waals surface area (Å²) in [4.78, 5) is 26.8. The average Bonchev–Trinajstić information content (AvgIpc) is 3.06. The molecule has 1 aromatic carbocycles. The van der Waals surface area contributed by atoms with E-state index in [-0.39, 0.29) is 35.5 Å². The zero-order valence-corrected chi connectivity index (χ0v) is 13.2. The third-order valence-electron chi connectivity index (χ3n) is 4.87. The van der Waals surface area contributed by atoms with Crippen molar-refractivity contribution < 1.29 is 9.59 Å². The number of carbonyl (C=O) groups excluding carboxylic acids is 2. The summed E-state index contributed by atoms with van der Waals surface area (Å²) in [6.07, 6.45) is 5.23. The third-order valence-corrected chi connectivity index (χ3v) is 5.54. The first kappa shape index (κ1) is 12.6. The maximum atomic E-state index is 12.7. The number of hydrogen-bond acceptors (Lipinski definition) is 2. The van der Waals surface area contributed by atoms with Crippen molar-refractivity contribution in [3.63, 3.8) is 0 Å². The van der Waals surface area contributed by atoms with Gasteiger partial charge in [-0.05, 0) is 71.5 Å². The lowest BCUT2D eigenvalue weighted by molar-refractivity contribution is -0.123. The van der Waals surface area contributed by atoms with Gasteiger partial charge in [0.1, 0.15) is 0 Å². The molecule has 2 amide bonds. The normalized spacial score (nSPS) is 34.2. The highest BCUT2D eigenvalue weighted by Crippen LogP contribution is 2.53. The first-order valence-corrected chi connectivity index (χ1v) is 7.98. The van der Waals surface area contributed by atoms with Crippen LogP contribution in [-0.2, 0) is 9.59 Å². The van der Waals surface area contributed by atoms with Crippen LogP contribution in [0.5, 0.6) is 0 Å². The van der Waals surface area contributed by atoms with E-state index in [9.17, 15) is 9.59 Å². The number of fused-ring (bicyclic) bond motifs is 5. The SMILES string of the molecule is Cc1cc(I)ccc1N1C(=O)[C@H]2[C@H](C1=O)[C@@H]1C=C[C@@H]2C1. The quantitative estimate of drug-likeness (QED) is 0.428. The van der Waals surface area contributed by atoms with E-state index < -0.39 is 0 Å². The lowest BCUT2D eigenvalue weighted by Crippen LogP contribution is -2.33. The van der Waals surface area contributed by atoms with Gasteiger partial charge in [0, 0.05) is 3.57 Å². The largest absolute Gasteiger partial charge is 0.274 e. The van der Waals surface area contributed by atoms with Gasteiger partial charge in [0.15, 0.2) is 0 Å². The van der Waals surface area contributed by atoms with Gasteiger partial charge in [0.25, 0.3) is 0 Å². The standard InChI is InChI=1S/C16H14INO2/c1-8-6-11(17)4-5-12(8)18-15(19)13-9-2-3-10(7-9)14(13)16(18)20/h2-6,9-10,13-14H,7H2,1H3/t9-,10-,13-,14-/m1/s1. The fraction of sp³-hybridized carbons (Fsp3) is 0.375. The number of anilines is 1. The van der Waals surface area contributed by atoms with Crippen molar-refractivity contribution >= 4 is 40.1 Å². The first-order valence-electron chi connectivity index (χ1n) is 6.90. The van der Waals surface area contributed by atoms with Crippen molar-refractivity contribution in [1.29, 1.82) is 0 Å². The number of imide groups is 1. The molecule has 1 heterocycles. The molecule has 102 valence electrons. The number of rotatable bonds is 1. The number of allylic oxidation sites excluding steroid dienone is 2. The molecule has 2 aliphatic carbocycles. The zero-order valence-electron chi connectivity index (χ0n) is 11.0. The molecule has 1 aliphatic heterocycles. The summed E-state index contributed by atoms with van der Waals surface area (Å²) in [6, 6.07) is 5.85. The Morgan fingerprint density at radius 2 is 1.70 bits per heavy atom. The van der Waals surface area contributed by atoms with Gasteiger partial charge >= 0.3 is 0 Å². The smallest absolute Gasteiger partial charge is 0.238 e. The minimum absolute atomic E-state index is 0.00107. The number of carbonyl (C=O) groups is 2. The first-order chi connectivity index (χ1) is 9.58. The van der Waals surface area contributed by atoms with Gasteiger partial charge in [-0.3, -0.25) is 9.59 Å². The Balaban J connectivity index is 1.78. The summed E-state index contributed by atoms with van der Waals surface area (Å²) in [7, 11) is 0. The maximum Gasteiger partial charge on any atom is 0.238 e. The van der Waals surface area contributed by atoms with Crippen LogP contribution in [0.4, 0.5) is 5.69 Å². The average molecular weight is 379 g/mol. The van der Waals surface area contributed by atoms with E-state index in [4.69, 9.17) is 0 Å². The molecule has 1 saturated carbocycles. The van der Waals surface area contributed by atoms with E-state index in [2.05, 4.69) is 34.7 Å².